The van der Waals surface area contributed by atoms with E-state index in [2.05, 4.69) is 22.2 Å². The van der Waals surface area contributed by atoms with Gasteiger partial charge in [0.05, 0.1) is 13.1 Å². The molecule has 0 saturated heterocycles. The number of thiazole rings is 1. The molecule has 70 valence electrons. The Morgan fingerprint density at radius 3 is 3.23 bits per heavy atom. The van der Waals surface area contributed by atoms with Crippen molar-refractivity contribution in [1.29, 1.82) is 0 Å². The van der Waals surface area contributed by atoms with Crippen LogP contribution >= 0.6 is 23.1 Å². The van der Waals surface area contributed by atoms with Gasteiger partial charge in [-0.15, -0.1) is 11.3 Å². The topological polar surface area (TPSA) is 37.3 Å². The van der Waals surface area contributed by atoms with E-state index >= 15 is 0 Å². The summed E-state index contributed by atoms with van der Waals surface area (Å²) in [4.78, 5) is 8.55. The minimum Gasteiger partial charge on any atom is -0.358 e. The van der Waals surface area contributed by atoms with Gasteiger partial charge >= 0.3 is 0 Å². The second kappa shape index (κ2) is 4.11. The third kappa shape index (κ3) is 2.45. The second-order valence-corrected chi connectivity index (χ2v) is 5.26. The van der Waals surface area contributed by atoms with Crippen molar-refractivity contribution in [3.8, 4) is 0 Å². The maximum Gasteiger partial charge on any atom is 0.157 e. The highest BCUT2D eigenvalue weighted by Gasteiger charge is 2.14. The Bertz CT molecular complexity index is 294. The van der Waals surface area contributed by atoms with E-state index < -0.39 is 0 Å². The quantitative estimate of drug-likeness (QED) is 0.813. The fraction of sp³-hybridized carbons (Fsp3) is 0.500. The van der Waals surface area contributed by atoms with Gasteiger partial charge in [0.25, 0.3) is 0 Å². The molecule has 0 amide bonds. The molecule has 1 aromatic rings. The van der Waals surface area contributed by atoms with Crippen molar-refractivity contribution in [1.82, 2.24) is 10.3 Å². The average molecular weight is 213 g/mol. The SMILES string of the molecule is CC1CN=C(NCc2nccs2)S1. The molecule has 0 spiro atoms. The lowest BCUT2D eigenvalue weighted by Gasteiger charge is -2.02. The molecule has 0 aliphatic carbocycles. The number of aliphatic imine (C=N–C) groups is 1. The summed E-state index contributed by atoms with van der Waals surface area (Å²) in [7, 11) is 0. The van der Waals surface area contributed by atoms with Crippen molar-refractivity contribution in [2.75, 3.05) is 6.54 Å². The monoisotopic (exact) mass is 213 g/mol. The Hall–Kier alpha value is -0.550. The highest BCUT2D eigenvalue weighted by atomic mass is 32.2. The first kappa shape index (κ1) is 9.02. The molecule has 5 heteroatoms. The number of nitrogens with one attached hydrogen (secondary N) is 1. The Kier molecular flexibility index (Phi) is 2.85. The average Bonchev–Trinajstić information content (AvgIpc) is 2.71. The minimum absolute atomic E-state index is 0.624. The van der Waals surface area contributed by atoms with Crippen molar-refractivity contribution >= 4 is 28.3 Å². The van der Waals surface area contributed by atoms with Crippen LogP contribution in [0.15, 0.2) is 16.6 Å². The van der Waals surface area contributed by atoms with Gasteiger partial charge in [-0.2, -0.15) is 0 Å². The minimum atomic E-state index is 0.624. The molecule has 1 unspecified atom stereocenters. The molecule has 1 N–H and O–H groups in total. The zero-order valence-corrected chi connectivity index (χ0v) is 8.99. The number of hydrogen-bond donors (Lipinski definition) is 1. The van der Waals surface area contributed by atoms with Gasteiger partial charge < -0.3 is 5.32 Å². The van der Waals surface area contributed by atoms with Gasteiger partial charge in [0, 0.05) is 16.8 Å². The summed E-state index contributed by atoms with van der Waals surface area (Å²) >= 11 is 3.47. The molecule has 3 nitrogen and oxygen atoms in total. The normalized spacial score (nSPS) is 21.6. The van der Waals surface area contributed by atoms with Crippen LogP contribution in [0.5, 0.6) is 0 Å². The molecule has 0 aromatic carbocycles. The molecule has 1 aliphatic rings. The number of aromatic nitrogens is 1. The molecular weight excluding hydrogens is 202 g/mol. The maximum absolute atomic E-state index is 4.36. The van der Waals surface area contributed by atoms with E-state index in [1.54, 1.807) is 23.1 Å². The van der Waals surface area contributed by atoms with Gasteiger partial charge in [0.15, 0.2) is 5.17 Å². The summed E-state index contributed by atoms with van der Waals surface area (Å²) in [6.45, 7) is 3.92. The summed E-state index contributed by atoms with van der Waals surface area (Å²) in [6.07, 6.45) is 1.83. The summed E-state index contributed by atoms with van der Waals surface area (Å²) in [6, 6.07) is 0. The fourth-order valence-electron chi connectivity index (χ4n) is 1.07. The third-order valence-corrected chi connectivity index (χ3v) is 3.51. The number of amidine groups is 1. The molecule has 0 saturated carbocycles. The van der Waals surface area contributed by atoms with Crippen LogP contribution in [0.3, 0.4) is 0 Å². The number of nitrogens with zero attached hydrogens (tertiary/aromatic N) is 2. The highest BCUT2D eigenvalue weighted by molar-refractivity contribution is 8.14. The van der Waals surface area contributed by atoms with Crippen molar-refractivity contribution in [3.05, 3.63) is 16.6 Å². The first-order valence-corrected chi connectivity index (χ1v) is 5.94. The molecule has 2 rings (SSSR count). The van der Waals surface area contributed by atoms with Gasteiger partial charge in [-0.05, 0) is 0 Å². The zero-order chi connectivity index (χ0) is 9.10. The number of rotatable bonds is 2. The second-order valence-electron chi connectivity index (χ2n) is 2.85. The fourth-order valence-corrected chi connectivity index (χ4v) is 2.46. The Balaban J connectivity index is 1.81. The molecule has 0 radical (unpaired) electrons. The van der Waals surface area contributed by atoms with Crippen LogP contribution in [0.4, 0.5) is 0 Å². The van der Waals surface area contributed by atoms with E-state index in [9.17, 15) is 0 Å². The maximum atomic E-state index is 4.36. The lowest BCUT2D eigenvalue weighted by molar-refractivity contribution is 0.902. The van der Waals surface area contributed by atoms with Crippen LogP contribution in [0.25, 0.3) is 0 Å². The summed E-state index contributed by atoms with van der Waals surface area (Å²) < 4.78 is 0. The Labute approximate surface area is 85.7 Å². The predicted molar refractivity (Wildman–Crippen MR) is 58.3 cm³/mol. The zero-order valence-electron chi connectivity index (χ0n) is 7.36. The van der Waals surface area contributed by atoms with E-state index in [4.69, 9.17) is 0 Å². The smallest absolute Gasteiger partial charge is 0.157 e. The molecule has 1 aromatic heterocycles. The van der Waals surface area contributed by atoms with Crippen molar-refractivity contribution in [3.63, 3.8) is 0 Å². The van der Waals surface area contributed by atoms with Crippen LogP contribution in [-0.4, -0.2) is 21.9 Å². The molecule has 1 aliphatic heterocycles. The first-order valence-electron chi connectivity index (χ1n) is 4.18. The lowest BCUT2D eigenvalue weighted by atomic mass is 10.5. The Morgan fingerprint density at radius 1 is 1.69 bits per heavy atom. The Morgan fingerprint density at radius 2 is 2.62 bits per heavy atom. The van der Waals surface area contributed by atoms with Gasteiger partial charge in [-0.1, -0.05) is 18.7 Å². The number of hydrogen-bond acceptors (Lipinski definition) is 5. The van der Waals surface area contributed by atoms with Crippen molar-refractivity contribution in [2.45, 2.75) is 18.7 Å². The van der Waals surface area contributed by atoms with Crippen LogP contribution in [-0.2, 0) is 6.54 Å². The van der Waals surface area contributed by atoms with Gasteiger partial charge in [-0.25, -0.2) is 4.98 Å². The van der Waals surface area contributed by atoms with Crippen LogP contribution in [0, 0.1) is 0 Å². The van der Waals surface area contributed by atoms with Crippen LogP contribution in [0.2, 0.25) is 0 Å². The van der Waals surface area contributed by atoms with E-state index in [-0.39, 0.29) is 0 Å². The van der Waals surface area contributed by atoms with Crippen molar-refractivity contribution in [2.24, 2.45) is 4.99 Å². The predicted octanol–water partition coefficient (Wildman–Crippen LogP) is 1.72. The molecule has 0 fully saturated rings. The molecule has 1 atom stereocenters. The standard InChI is InChI=1S/C8H11N3S2/c1-6-4-10-8(13-6)11-5-7-9-2-3-12-7/h2-3,6H,4-5H2,1H3,(H,10,11). The van der Waals surface area contributed by atoms with Crippen molar-refractivity contribution < 1.29 is 0 Å². The third-order valence-electron chi connectivity index (χ3n) is 1.68. The van der Waals surface area contributed by atoms with E-state index in [0.717, 1.165) is 23.3 Å². The molecule has 0 bridgehead atoms. The van der Waals surface area contributed by atoms with E-state index in [1.807, 2.05) is 11.6 Å². The number of thioether (sulfide) groups is 1. The lowest BCUT2D eigenvalue weighted by Crippen LogP contribution is -2.18. The van der Waals surface area contributed by atoms with E-state index in [1.165, 1.54) is 0 Å². The van der Waals surface area contributed by atoms with E-state index in [0.29, 0.717) is 5.25 Å². The van der Waals surface area contributed by atoms with Crippen LogP contribution < -0.4 is 5.32 Å². The van der Waals surface area contributed by atoms with Crippen LogP contribution in [0.1, 0.15) is 11.9 Å². The highest BCUT2D eigenvalue weighted by Crippen LogP contribution is 2.18. The molecule has 13 heavy (non-hydrogen) atoms. The summed E-state index contributed by atoms with van der Waals surface area (Å²) in [5, 5.41) is 8.06. The van der Waals surface area contributed by atoms with Gasteiger partial charge in [-0.3, -0.25) is 4.99 Å². The molecular formula is C8H11N3S2. The first-order chi connectivity index (χ1) is 6.34. The van der Waals surface area contributed by atoms with Gasteiger partial charge in [0.1, 0.15) is 5.01 Å². The largest absolute Gasteiger partial charge is 0.358 e. The summed E-state index contributed by atoms with van der Waals surface area (Å²) in [5.74, 6) is 0. The molecule has 2 heterocycles. The van der Waals surface area contributed by atoms with Gasteiger partial charge in [0.2, 0.25) is 0 Å². The summed E-state index contributed by atoms with van der Waals surface area (Å²) in [5.41, 5.74) is 0.